The summed E-state index contributed by atoms with van der Waals surface area (Å²) in [5, 5.41) is 0.194. The molecule has 111 heavy (non-hydrogen) atoms. The standard InChI is InChI=1S/18C6H14.CH2Cl2/c18*1-3-5-6-4-2;2-1-3/h18*3-6H2,1-2H3;1H2. The fourth-order valence-corrected chi connectivity index (χ4v) is 9.00. The molecule has 0 saturated carbocycles. The summed E-state index contributed by atoms with van der Waals surface area (Å²) in [5.74, 6) is 0. The van der Waals surface area contributed by atoms with Gasteiger partial charge in [-0.2, -0.15) is 0 Å². The quantitative estimate of drug-likeness (QED) is 0.0421. The van der Waals surface area contributed by atoms with E-state index >= 15 is 0 Å². The minimum atomic E-state index is 0.194. The van der Waals surface area contributed by atoms with E-state index in [0.717, 1.165) is 0 Å². The van der Waals surface area contributed by atoms with Gasteiger partial charge in [0.15, 0.2) is 0 Å². The highest BCUT2D eigenvalue weighted by Gasteiger charge is 1.84. The average Bonchev–Trinajstić information content (AvgIpc) is 3.72. The predicted octanol–water partition coefficient (Wildman–Crippen LogP) is 48.0. The van der Waals surface area contributed by atoms with Gasteiger partial charge in [0, 0.05) is 0 Å². The molecule has 0 rings (SSSR count). The second-order valence-electron chi connectivity index (χ2n) is 30.8. The molecule has 0 heterocycles. The molecule has 2 heteroatoms. The molecule has 0 N–H and O–H groups in total. The van der Waals surface area contributed by atoms with E-state index in [9.17, 15) is 0 Å². The first-order valence-corrected chi connectivity index (χ1v) is 54.1. The Balaban J connectivity index is -0.0000000474. The van der Waals surface area contributed by atoms with E-state index < -0.39 is 0 Å². The molecule has 0 nitrogen and oxygen atoms in total. The number of alkyl halides is 2. The number of rotatable bonds is 54. The SMILES string of the molecule is CCCCCC.CCCCCC.CCCCCC.CCCCCC.CCCCCC.CCCCCC.CCCCCC.CCCCCC.CCCCCC.CCCCCC.CCCCCC.CCCCCC.CCCCCC.CCCCCC.CCCCCC.CCCCCC.CCCCCC.CCCCCC.ClCCl. The van der Waals surface area contributed by atoms with Crippen LogP contribution < -0.4 is 0 Å². The predicted molar refractivity (Wildman–Crippen MR) is 553 cm³/mol. The van der Waals surface area contributed by atoms with Gasteiger partial charge >= 0.3 is 0 Å². The van der Waals surface area contributed by atoms with Crippen LogP contribution in [0.5, 0.6) is 0 Å². The van der Waals surface area contributed by atoms with Gasteiger partial charge in [-0.05, 0) is 0 Å². The Morgan fingerprint density at radius 2 is 0.0901 bits per heavy atom. The van der Waals surface area contributed by atoms with Crippen LogP contribution in [0.25, 0.3) is 0 Å². The molecule has 0 aromatic rings. The zero-order valence-electron chi connectivity index (χ0n) is 88.4. The van der Waals surface area contributed by atoms with Gasteiger partial charge in [0.05, 0.1) is 5.34 Å². The van der Waals surface area contributed by atoms with Gasteiger partial charge in [0.25, 0.3) is 0 Å². The first kappa shape index (κ1) is 159. The van der Waals surface area contributed by atoms with Crippen molar-refractivity contribution in [2.45, 2.75) is 712 Å². The van der Waals surface area contributed by atoms with Crippen molar-refractivity contribution >= 4 is 23.2 Å². The zero-order chi connectivity index (χ0) is 89.6. The molecule has 704 valence electrons. The lowest BCUT2D eigenvalue weighted by molar-refractivity contribution is 0.702. The van der Waals surface area contributed by atoms with Crippen LogP contribution >= 0.6 is 23.2 Å². The van der Waals surface area contributed by atoms with Crippen molar-refractivity contribution < 1.29 is 0 Å². The maximum absolute atomic E-state index is 4.76. The third kappa shape index (κ3) is 438. The van der Waals surface area contributed by atoms with Crippen molar-refractivity contribution in [2.75, 3.05) is 5.34 Å². The van der Waals surface area contributed by atoms with Gasteiger partial charge < -0.3 is 0 Å². The Morgan fingerprint density at radius 3 is 0.0991 bits per heavy atom. The smallest absolute Gasteiger partial charge is 0.0967 e. The topological polar surface area (TPSA) is 0 Å². The third-order valence-electron chi connectivity index (χ3n) is 17.2. The Hall–Kier alpha value is 0.580. The summed E-state index contributed by atoms with van der Waals surface area (Å²) < 4.78 is 0. The van der Waals surface area contributed by atoms with Crippen LogP contribution in [0, 0.1) is 0 Å². The minimum Gasteiger partial charge on any atom is -0.109 e. The van der Waals surface area contributed by atoms with E-state index in [1.54, 1.807) is 0 Å². The van der Waals surface area contributed by atoms with Crippen LogP contribution in [0.2, 0.25) is 0 Å². The summed E-state index contributed by atoms with van der Waals surface area (Å²) in [6.07, 6.45) is 99.7. The van der Waals surface area contributed by atoms with Gasteiger partial charge in [-0.25, -0.2) is 0 Å². The van der Waals surface area contributed by atoms with Crippen LogP contribution in [0.4, 0.5) is 0 Å². The van der Waals surface area contributed by atoms with E-state index in [1.165, 1.54) is 462 Å². The van der Waals surface area contributed by atoms with Gasteiger partial charge in [0.2, 0.25) is 0 Å². The summed E-state index contributed by atoms with van der Waals surface area (Å²) in [7, 11) is 0. The maximum Gasteiger partial charge on any atom is 0.0967 e. The molecule has 0 radical (unpaired) electrons. The lowest BCUT2D eigenvalue weighted by Gasteiger charge is -1.86. The Morgan fingerprint density at radius 1 is 0.0721 bits per heavy atom. The molecule has 0 aliphatic carbocycles. The Kier molecular flexibility index (Phi) is 352. The van der Waals surface area contributed by atoms with Crippen LogP contribution in [-0.4, -0.2) is 5.34 Å². The van der Waals surface area contributed by atoms with Crippen LogP contribution in [0.15, 0.2) is 0 Å². The summed E-state index contributed by atoms with van der Waals surface area (Å²) in [5.41, 5.74) is 0. The molecule has 0 atom stereocenters. The Bertz CT molecular complexity index is 546. The fourth-order valence-electron chi connectivity index (χ4n) is 9.00. The van der Waals surface area contributed by atoms with Crippen molar-refractivity contribution in [1.82, 2.24) is 0 Å². The highest BCUT2D eigenvalue weighted by Crippen LogP contribution is 2.04. The largest absolute Gasteiger partial charge is 0.109 e. The third-order valence-corrected chi connectivity index (χ3v) is 17.2. The molecule has 0 aromatic carbocycles. The summed E-state index contributed by atoms with van der Waals surface area (Å²) in [6.45, 7) is 80.3. The van der Waals surface area contributed by atoms with Crippen molar-refractivity contribution in [3.8, 4) is 0 Å². The van der Waals surface area contributed by atoms with Crippen LogP contribution in [0.3, 0.4) is 0 Å². The van der Waals surface area contributed by atoms with Crippen molar-refractivity contribution in [2.24, 2.45) is 0 Å². The molecule has 0 aromatic heterocycles. The lowest BCUT2D eigenvalue weighted by Crippen LogP contribution is -1.66. The molecule has 0 unspecified atom stereocenters. The first-order valence-electron chi connectivity index (χ1n) is 53.0. The van der Waals surface area contributed by atoms with Gasteiger partial charge in [-0.15, -0.1) is 23.2 Å². The highest BCUT2D eigenvalue weighted by atomic mass is 35.5. The molecule has 0 bridgehead atoms. The molecule has 0 amide bonds. The van der Waals surface area contributed by atoms with Gasteiger partial charge in [-0.1, -0.05) is 712 Å². The monoisotopic (exact) mass is 1630 g/mol. The van der Waals surface area contributed by atoms with E-state index in [-0.39, 0.29) is 5.34 Å². The second-order valence-corrected chi connectivity index (χ2v) is 31.6. The van der Waals surface area contributed by atoms with E-state index in [0.29, 0.717) is 0 Å². The molecule has 0 aliphatic heterocycles. The fraction of sp³-hybridized carbons (Fsp3) is 1.00. The molecular weight excluding hydrogens is 1380 g/mol. The van der Waals surface area contributed by atoms with Crippen molar-refractivity contribution in [3.05, 3.63) is 0 Å². The highest BCUT2D eigenvalue weighted by molar-refractivity contribution is 6.40. The summed E-state index contributed by atoms with van der Waals surface area (Å²) >= 11 is 9.53. The normalized spacial score (nSPS) is 8.92. The molecule has 0 saturated heterocycles. The number of unbranched alkanes of at least 4 members (excludes halogenated alkanes) is 54. The Labute approximate surface area is 735 Å². The van der Waals surface area contributed by atoms with Crippen LogP contribution in [-0.2, 0) is 0 Å². The zero-order valence-corrected chi connectivity index (χ0v) is 89.9. The maximum atomic E-state index is 4.76. The van der Waals surface area contributed by atoms with Crippen molar-refractivity contribution in [1.29, 1.82) is 0 Å². The van der Waals surface area contributed by atoms with Crippen LogP contribution in [0.1, 0.15) is 712 Å². The molecule has 0 aliphatic rings. The minimum absolute atomic E-state index is 0.194. The molecule has 0 spiro atoms. The number of hydrogen-bond acceptors (Lipinski definition) is 0. The summed E-state index contributed by atoms with van der Waals surface area (Å²) in [6, 6.07) is 0. The second kappa shape index (κ2) is 245. The number of hydrogen-bond donors (Lipinski definition) is 0. The van der Waals surface area contributed by atoms with Gasteiger partial charge in [0.1, 0.15) is 0 Å². The first-order chi connectivity index (χ1) is 53.9. The van der Waals surface area contributed by atoms with E-state index in [4.69, 9.17) is 23.2 Å². The molecule has 0 fully saturated rings. The lowest BCUT2D eigenvalue weighted by atomic mass is 10.2. The van der Waals surface area contributed by atoms with E-state index in [2.05, 4.69) is 249 Å². The summed E-state index contributed by atoms with van der Waals surface area (Å²) in [4.78, 5) is 0. The average molecular weight is 1640 g/mol. The number of halogens is 2. The van der Waals surface area contributed by atoms with Crippen molar-refractivity contribution in [3.63, 3.8) is 0 Å². The molecular formula is C109H254Cl2. The van der Waals surface area contributed by atoms with E-state index in [1.807, 2.05) is 0 Å². The van der Waals surface area contributed by atoms with Gasteiger partial charge in [-0.3, -0.25) is 0 Å².